The summed E-state index contributed by atoms with van der Waals surface area (Å²) in [5.74, 6) is 0.457. The number of hydrogen-bond acceptors (Lipinski definition) is 3. The Morgan fingerprint density at radius 3 is 2.57 bits per heavy atom. The molecule has 1 amide bonds. The molecule has 4 nitrogen and oxygen atoms in total. The third kappa shape index (κ3) is 7.56. The van der Waals surface area contributed by atoms with Gasteiger partial charge in [-0.05, 0) is 12.8 Å². The molecule has 0 bridgehead atoms. The van der Waals surface area contributed by atoms with Crippen molar-refractivity contribution in [2.75, 3.05) is 13.1 Å². The molecule has 0 aliphatic carbocycles. The second-order valence-electron chi connectivity index (χ2n) is 3.84. The molecule has 0 aromatic carbocycles. The maximum Gasteiger partial charge on any atom is 0.233 e. The summed E-state index contributed by atoms with van der Waals surface area (Å²) >= 11 is 0. The van der Waals surface area contributed by atoms with E-state index in [9.17, 15) is 4.79 Å². The molecule has 0 radical (unpaired) electrons. The van der Waals surface area contributed by atoms with Crippen LogP contribution in [0.2, 0.25) is 0 Å². The van der Waals surface area contributed by atoms with Gasteiger partial charge in [-0.25, -0.2) is 0 Å². The number of nitrogens with one attached hydrogen (secondary N) is 2. The SMILES string of the molecule is CC(C)CNC(=O)CNC(C)CC#N. The number of carbonyl (C=O) groups is 1. The molecule has 0 aromatic rings. The van der Waals surface area contributed by atoms with Crippen LogP contribution in [0.1, 0.15) is 27.2 Å². The highest BCUT2D eigenvalue weighted by molar-refractivity contribution is 5.77. The highest BCUT2D eigenvalue weighted by Gasteiger charge is 2.04. The quantitative estimate of drug-likeness (QED) is 0.657. The summed E-state index contributed by atoms with van der Waals surface area (Å²) < 4.78 is 0. The first kappa shape index (κ1) is 12.9. The van der Waals surface area contributed by atoms with Crippen LogP contribution in [0.3, 0.4) is 0 Å². The molecule has 0 saturated carbocycles. The van der Waals surface area contributed by atoms with E-state index in [0.717, 1.165) is 0 Å². The average molecular weight is 197 g/mol. The first-order valence-electron chi connectivity index (χ1n) is 4.93. The van der Waals surface area contributed by atoms with E-state index in [0.29, 0.717) is 18.9 Å². The van der Waals surface area contributed by atoms with Crippen molar-refractivity contribution in [3.05, 3.63) is 0 Å². The number of rotatable bonds is 6. The first-order chi connectivity index (χ1) is 6.56. The maximum absolute atomic E-state index is 11.2. The first-order valence-corrected chi connectivity index (χ1v) is 4.93. The van der Waals surface area contributed by atoms with Crippen molar-refractivity contribution in [3.8, 4) is 6.07 Å². The molecule has 4 heteroatoms. The molecule has 0 rings (SSSR count). The zero-order chi connectivity index (χ0) is 11.0. The summed E-state index contributed by atoms with van der Waals surface area (Å²) in [6.07, 6.45) is 0.428. The Labute approximate surface area is 85.7 Å². The van der Waals surface area contributed by atoms with Gasteiger partial charge in [0.1, 0.15) is 0 Å². The van der Waals surface area contributed by atoms with E-state index >= 15 is 0 Å². The lowest BCUT2D eigenvalue weighted by molar-refractivity contribution is -0.120. The minimum absolute atomic E-state index is 0.0107. The largest absolute Gasteiger partial charge is 0.355 e. The third-order valence-corrected chi connectivity index (χ3v) is 1.72. The molecule has 0 aliphatic heterocycles. The van der Waals surface area contributed by atoms with E-state index in [4.69, 9.17) is 5.26 Å². The number of nitriles is 1. The summed E-state index contributed by atoms with van der Waals surface area (Å²) in [5, 5.41) is 14.2. The van der Waals surface area contributed by atoms with Gasteiger partial charge in [0.2, 0.25) is 5.91 Å². The summed E-state index contributed by atoms with van der Waals surface area (Å²) in [6.45, 7) is 6.97. The Morgan fingerprint density at radius 1 is 1.43 bits per heavy atom. The van der Waals surface area contributed by atoms with Gasteiger partial charge in [-0.3, -0.25) is 4.79 Å². The van der Waals surface area contributed by atoms with E-state index in [1.807, 2.05) is 26.8 Å². The van der Waals surface area contributed by atoms with Crippen LogP contribution in [0.25, 0.3) is 0 Å². The topological polar surface area (TPSA) is 64.9 Å². The Bertz CT molecular complexity index is 208. The van der Waals surface area contributed by atoms with Crippen LogP contribution in [-0.2, 0) is 4.79 Å². The zero-order valence-corrected chi connectivity index (χ0v) is 9.13. The summed E-state index contributed by atoms with van der Waals surface area (Å²) in [5.41, 5.74) is 0. The number of amides is 1. The molecule has 0 fully saturated rings. The van der Waals surface area contributed by atoms with Crippen LogP contribution in [0.15, 0.2) is 0 Å². The van der Waals surface area contributed by atoms with Crippen molar-refractivity contribution in [2.45, 2.75) is 33.2 Å². The van der Waals surface area contributed by atoms with Gasteiger partial charge in [0.05, 0.1) is 19.0 Å². The van der Waals surface area contributed by atoms with E-state index < -0.39 is 0 Å². The van der Waals surface area contributed by atoms with Crippen LogP contribution < -0.4 is 10.6 Å². The van der Waals surface area contributed by atoms with Crippen LogP contribution in [0.4, 0.5) is 0 Å². The number of carbonyl (C=O) groups excluding carboxylic acids is 1. The smallest absolute Gasteiger partial charge is 0.233 e. The van der Waals surface area contributed by atoms with Crippen LogP contribution >= 0.6 is 0 Å². The van der Waals surface area contributed by atoms with E-state index in [2.05, 4.69) is 10.6 Å². The molecule has 0 aliphatic rings. The molecule has 0 saturated heterocycles. The monoisotopic (exact) mass is 197 g/mol. The molecule has 2 N–H and O–H groups in total. The number of nitrogens with zero attached hydrogens (tertiary/aromatic N) is 1. The summed E-state index contributed by atoms with van der Waals surface area (Å²) in [7, 11) is 0. The molecule has 0 aromatic heterocycles. The van der Waals surface area contributed by atoms with E-state index in [-0.39, 0.29) is 18.5 Å². The minimum atomic E-state index is -0.0107. The Balaban J connectivity index is 3.49. The molecular formula is C10H19N3O. The van der Waals surface area contributed by atoms with E-state index in [1.165, 1.54) is 0 Å². The summed E-state index contributed by atoms with van der Waals surface area (Å²) in [6, 6.07) is 2.12. The van der Waals surface area contributed by atoms with Crippen molar-refractivity contribution >= 4 is 5.91 Å². The highest BCUT2D eigenvalue weighted by atomic mass is 16.1. The van der Waals surface area contributed by atoms with E-state index in [1.54, 1.807) is 0 Å². The standard InChI is InChI=1S/C10H19N3O/c1-8(2)6-13-10(14)7-12-9(3)4-5-11/h8-9,12H,4,6-7H2,1-3H3,(H,13,14). The highest BCUT2D eigenvalue weighted by Crippen LogP contribution is 1.88. The molecule has 80 valence electrons. The molecule has 0 heterocycles. The zero-order valence-electron chi connectivity index (χ0n) is 9.13. The van der Waals surface area contributed by atoms with Crippen molar-refractivity contribution in [3.63, 3.8) is 0 Å². The molecule has 14 heavy (non-hydrogen) atoms. The average Bonchev–Trinajstić information content (AvgIpc) is 2.12. The van der Waals surface area contributed by atoms with Gasteiger partial charge < -0.3 is 10.6 Å². The van der Waals surface area contributed by atoms with Crippen LogP contribution in [0, 0.1) is 17.2 Å². The van der Waals surface area contributed by atoms with Gasteiger partial charge in [-0.1, -0.05) is 13.8 Å². The fourth-order valence-corrected chi connectivity index (χ4v) is 0.856. The van der Waals surface area contributed by atoms with Crippen molar-refractivity contribution in [2.24, 2.45) is 5.92 Å². The lowest BCUT2D eigenvalue weighted by atomic mass is 10.2. The molecule has 0 spiro atoms. The van der Waals surface area contributed by atoms with Gasteiger partial charge in [0.25, 0.3) is 0 Å². The second-order valence-corrected chi connectivity index (χ2v) is 3.84. The van der Waals surface area contributed by atoms with Crippen molar-refractivity contribution in [1.82, 2.24) is 10.6 Å². The number of hydrogen-bond donors (Lipinski definition) is 2. The fraction of sp³-hybridized carbons (Fsp3) is 0.800. The van der Waals surface area contributed by atoms with Gasteiger partial charge in [0.15, 0.2) is 0 Å². The van der Waals surface area contributed by atoms with Crippen molar-refractivity contribution < 1.29 is 4.79 Å². The van der Waals surface area contributed by atoms with Gasteiger partial charge >= 0.3 is 0 Å². The Morgan fingerprint density at radius 2 is 2.07 bits per heavy atom. The van der Waals surface area contributed by atoms with Gasteiger partial charge in [0, 0.05) is 12.6 Å². The third-order valence-electron chi connectivity index (χ3n) is 1.72. The van der Waals surface area contributed by atoms with Gasteiger partial charge in [-0.15, -0.1) is 0 Å². The maximum atomic E-state index is 11.2. The lowest BCUT2D eigenvalue weighted by Crippen LogP contribution is -2.39. The van der Waals surface area contributed by atoms with Crippen molar-refractivity contribution in [1.29, 1.82) is 5.26 Å². The molecular weight excluding hydrogens is 178 g/mol. The lowest BCUT2D eigenvalue weighted by Gasteiger charge is -2.11. The van der Waals surface area contributed by atoms with Crippen LogP contribution in [0.5, 0.6) is 0 Å². The van der Waals surface area contributed by atoms with Crippen LogP contribution in [-0.4, -0.2) is 25.0 Å². The minimum Gasteiger partial charge on any atom is -0.355 e. The predicted octanol–water partition coefficient (Wildman–Crippen LogP) is 0.650. The normalized spacial score (nSPS) is 12.2. The van der Waals surface area contributed by atoms with Gasteiger partial charge in [-0.2, -0.15) is 5.26 Å². The molecule has 1 atom stereocenters. The Kier molecular flexibility index (Phi) is 6.77. The summed E-state index contributed by atoms with van der Waals surface area (Å²) in [4.78, 5) is 11.2. The second kappa shape index (κ2) is 7.34. The Hall–Kier alpha value is -1.08. The molecule has 1 unspecified atom stereocenters. The fourth-order valence-electron chi connectivity index (χ4n) is 0.856. The predicted molar refractivity (Wildman–Crippen MR) is 55.5 cm³/mol.